The minimum absolute atomic E-state index is 0.552. The van der Waals surface area contributed by atoms with Gasteiger partial charge in [-0.1, -0.05) is 17.2 Å². The van der Waals surface area contributed by atoms with Crippen LogP contribution in [-0.2, 0) is 13.6 Å². The predicted molar refractivity (Wildman–Crippen MR) is 68.9 cm³/mol. The van der Waals surface area contributed by atoms with Crippen molar-refractivity contribution in [2.45, 2.75) is 25.4 Å². The molecule has 0 atom stereocenters. The number of anilines is 2. The van der Waals surface area contributed by atoms with Gasteiger partial charge in [0.15, 0.2) is 0 Å². The summed E-state index contributed by atoms with van der Waals surface area (Å²) in [5, 5.41) is 11.7. The van der Waals surface area contributed by atoms with Gasteiger partial charge in [0.25, 0.3) is 0 Å². The van der Waals surface area contributed by atoms with Gasteiger partial charge in [0.2, 0.25) is 5.95 Å². The molecule has 6 nitrogen and oxygen atoms in total. The quantitative estimate of drug-likeness (QED) is 0.811. The number of hydrogen-bond acceptors (Lipinski definition) is 5. The standard InChI is InChI=1S/C12H16N6/c1-17-12(14-15-16-17)18(11-5-6-11)8-9-3-2-4-10(13)7-9/h2-4,7,11H,5-6,8,13H2,1H3. The SMILES string of the molecule is Cn1nnnc1N(Cc1cccc(N)c1)C1CC1. The van der Waals surface area contributed by atoms with Crippen molar-refractivity contribution in [2.24, 2.45) is 7.05 Å². The Morgan fingerprint density at radius 1 is 1.44 bits per heavy atom. The van der Waals surface area contributed by atoms with Crippen molar-refractivity contribution in [1.29, 1.82) is 0 Å². The monoisotopic (exact) mass is 244 g/mol. The lowest BCUT2D eigenvalue weighted by Crippen LogP contribution is -2.28. The topological polar surface area (TPSA) is 72.9 Å². The molecule has 1 saturated carbocycles. The Morgan fingerprint density at radius 2 is 2.28 bits per heavy atom. The lowest BCUT2D eigenvalue weighted by atomic mass is 10.2. The molecule has 3 rings (SSSR count). The smallest absolute Gasteiger partial charge is 0.245 e. The number of tetrazole rings is 1. The van der Waals surface area contributed by atoms with E-state index in [2.05, 4.69) is 26.5 Å². The van der Waals surface area contributed by atoms with E-state index in [9.17, 15) is 0 Å². The molecule has 6 heteroatoms. The molecule has 94 valence electrons. The molecule has 0 amide bonds. The lowest BCUT2D eigenvalue weighted by molar-refractivity contribution is 0.673. The molecule has 1 aromatic carbocycles. The minimum Gasteiger partial charge on any atom is -0.399 e. The number of nitrogens with zero attached hydrogens (tertiary/aromatic N) is 5. The van der Waals surface area contributed by atoms with Crippen LogP contribution in [0.1, 0.15) is 18.4 Å². The van der Waals surface area contributed by atoms with Crippen LogP contribution < -0.4 is 10.6 Å². The van der Waals surface area contributed by atoms with E-state index < -0.39 is 0 Å². The second kappa shape index (κ2) is 4.29. The van der Waals surface area contributed by atoms with Crippen molar-refractivity contribution < 1.29 is 0 Å². The van der Waals surface area contributed by atoms with E-state index in [0.717, 1.165) is 18.2 Å². The van der Waals surface area contributed by atoms with Gasteiger partial charge in [0.1, 0.15) is 0 Å². The van der Waals surface area contributed by atoms with Crippen LogP contribution >= 0.6 is 0 Å². The molecular weight excluding hydrogens is 228 g/mol. The first-order valence-electron chi connectivity index (χ1n) is 6.07. The van der Waals surface area contributed by atoms with Crippen molar-refractivity contribution in [1.82, 2.24) is 20.2 Å². The summed E-state index contributed by atoms with van der Waals surface area (Å²) in [6.07, 6.45) is 2.41. The molecule has 0 aliphatic heterocycles. The number of nitrogen functional groups attached to an aromatic ring is 1. The molecule has 2 aromatic rings. The highest BCUT2D eigenvalue weighted by atomic mass is 15.6. The number of aromatic nitrogens is 4. The summed E-state index contributed by atoms with van der Waals surface area (Å²) < 4.78 is 1.71. The van der Waals surface area contributed by atoms with Gasteiger partial charge < -0.3 is 10.6 Å². The molecule has 2 N–H and O–H groups in total. The Morgan fingerprint density at radius 3 is 2.89 bits per heavy atom. The maximum absolute atomic E-state index is 5.81. The average molecular weight is 244 g/mol. The van der Waals surface area contributed by atoms with Gasteiger partial charge in [-0.2, -0.15) is 0 Å². The van der Waals surface area contributed by atoms with Crippen LogP contribution in [0.5, 0.6) is 0 Å². The van der Waals surface area contributed by atoms with Crippen molar-refractivity contribution in [3.05, 3.63) is 29.8 Å². The van der Waals surface area contributed by atoms with Gasteiger partial charge in [0.05, 0.1) is 0 Å². The summed E-state index contributed by atoms with van der Waals surface area (Å²) >= 11 is 0. The number of rotatable bonds is 4. The normalized spacial score (nSPS) is 14.7. The Hall–Kier alpha value is -2.11. The molecule has 1 heterocycles. The van der Waals surface area contributed by atoms with E-state index in [-0.39, 0.29) is 0 Å². The number of nitrogens with two attached hydrogens (primary N) is 1. The summed E-state index contributed by atoms with van der Waals surface area (Å²) in [6, 6.07) is 8.50. The largest absolute Gasteiger partial charge is 0.399 e. The fraction of sp³-hybridized carbons (Fsp3) is 0.417. The molecule has 1 aliphatic carbocycles. The fourth-order valence-corrected chi connectivity index (χ4v) is 2.11. The average Bonchev–Trinajstić information content (AvgIpc) is 3.09. The zero-order valence-electron chi connectivity index (χ0n) is 10.3. The van der Waals surface area contributed by atoms with Crippen LogP contribution in [0.2, 0.25) is 0 Å². The summed E-state index contributed by atoms with van der Waals surface area (Å²) in [5.74, 6) is 0.819. The summed E-state index contributed by atoms with van der Waals surface area (Å²) in [5.41, 5.74) is 7.79. The molecule has 0 radical (unpaired) electrons. The van der Waals surface area contributed by atoms with Crippen molar-refractivity contribution in [2.75, 3.05) is 10.6 Å². The summed E-state index contributed by atoms with van der Waals surface area (Å²) in [7, 11) is 1.87. The van der Waals surface area contributed by atoms with Gasteiger partial charge in [-0.25, -0.2) is 4.68 Å². The Bertz CT molecular complexity index is 545. The van der Waals surface area contributed by atoms with E-state index in [0.29, 0.717) is 6.04 Å². The third-order valence-electron chi connectivity index (χ3n) is 3.15. The minimum atomic E-state index is 0.552. The van der Waals surface area contributed by atoms with E-state index in [1.54, 1.807) is 4.68 Å². The van der Waals surface area contributed by atoms with E-state index >= 15 is 0 Å². The second-order valence-electron chi connectivity index (χ2n) is 4.71. The first-order chi connectivity index (χ1) is 8.74. The highest BCUT2D eigenvalue weighted by Gasteiger charge is 2.32. The van der Waals surface area contributed by atoms with Crippen LogP contribution in [0.25, 0.3) is 0 Å². The first-order valence-corrected chi connectivity index (χ1v) is 6.07. The van der Waals surface area contributed by atoms with E-state index in [1.165, 1.54) is 18.4 Å². The molecule has 1 aliphatic rings. The summed E-state index contributed by atoms with van der Waals surface area (Å²) in [6.45, 7) is 0.796. The fourth-order valence-electron chi connectivity index (χ4n) is 2.11. The van der Waals surface area contributed by atoms with Gasteiger partial charge in [-0.3, -0.25) is 0 Å². The highest BCUT2D eigenvalue weighted by Crippen LogP contribution is 2.31. The van der Waals surface area contributed by atoms with Crippen LogP contribution in [0.3, 0.4) is 0 Å². The molecule has 0 spiro atoms. The molecule has 1 aromatic heterocycles. The van der Waals surface area contributed by atoms with Crippen molar-refractivity contribution >= 4 is 11.6 Å². The number of aryl methyl sites for hydroxylation is 1. The van der Waals surface area contributed by atoms with Gasteiger partial charge in [0, 0.05) is 25.3 Å². The Labute approximate surface area is 105 Å². The van der Waals surface area contributed by atoms with E-state index in [1.807, 2.05) is 25.2 Å². The van der Waals surface area contributed by atoms with Crippen LogP contribution in [0, 0.1) is 0 Å². The van der Waals surface area contributed by atoms with Crippen LogP contribution in [0.4, 0.5) is 11.6 Å². The van der Waals surface area contributed by atoms with Gasteiger partial charge >= 0.3 is 0 Å². The third-order valence-corrected chi connectivity index (χ3v) is 3.15. The second-order valence-corrected chi connectivity index (χ2v) is 4.71. The maximum atomic E-state index is 5.81. The van der Waals surface area contributed by atoms with Crippen molar-refractivity contribution in [3.63, 3.8) is 0 Å². The molecule has 1 fully saturated rings. The Kier molecular flexibility index (Phi) is 2.62. The zero-order chi connectivity index (χ0) is 12.5. The van der Waals surface area contributed by atoms with Crippen LogP contribution in [-0.4, -0.2) is 26.2 Å². The van der Waals surface area contributed by atoms with E-state index in [4.69, 9.17) is 5.73 Å². The molecule has 18 heavy (non-hydrogen) atoms. The van der Waals surface area contributed by atoms with Crippen LogP contribution in [0.15, 0.2) is 24.3 Å². The molecular formula is C12H16N6. The van der Waals surface area contributed by atoms with Gasteiger partial charge in [-0.15, -0.1) is 0 Å². The Balaban J connectivity index is 1.85. The summed E-state index contributed by atoms with van der Waals surface area (Å²) in [4.78, 5) is 2.24. The number of hydrogen-bond donors (Lipinski definition) is 1. The first kappa shape index (κ1) is 11.0. The highest BCUT2D eigenvalue weighted by molar-refractivity contribution is 5.43. The number of benzene rings is 1. The molecule has 0 unspecified atom stereocenters. The molecule has 0 saturated heterocycles. The zero-order valence-corrected chi connectivity index (χ0v) is 10.3. The maximum Gasteiger partial charge on any atom is 0.245 e. The molecule has 0 bridgehead atoms. The predicted octanol–water partition coefficient (Wildman–Crippen LogP) is 0.961. The van der Waals surface area contributed by atoms with Gasteiger partial charge in [-0.05, 0) is 41.0 Å². The lowest BCUT2D eigenvalue weighted by Gasteiger charge is -2.22. The third kappa shape index (κ3) is 2.13. The van der Waals surface area contributed by atoms with Crippen molar-refractivity contribution in [3.8, 4) is 0 Å².